The van der Waals surface area contributed by atoms with Gasteiger partial charge in [-0.05, 0) is 30.5 Å². The van der Waals surface area contributed by atoms with Gasteiger partial charge in [-0.1, -0.05) is 6.07 Å². The molecule has 5 heteroatoms. The lowest BCUT2D eigenvalue weighted by Crippen LogP contribution is -2.31. The SMILES string of the molecule is COC1CN(C(=O)c2cccc3c2CCCN3)CC1OC. The molecule has 21 heavy (non-hydrogen) atoms. The summed E-state index contributed by atoms with van der Waals surface area (Å²) >= 11 is 0. The summed E-state index contributed by atoms with van der Waals surface area (Å²) in [6.45, 7) is 2.15. The van der Waals surface area contributed by atoms with Gasteiger partial charge in [0.1, 0.15) is 12.2 Å². The van der Waals surface area contributed by atoms with E-state index in [1.165, 1.54) is 0 Å². The van der Waals surface area contributed by atoms with Crippen LogP contribution < -0.4 is 5.32 Å². The number of hydrogen-bond donors (Lipinski definition) is 1. The highest BCUT2D eigenvalue weighted by Gasteiger charge is 2.36. The molecule has 1 fully saturated rings. The van der Waals surface area contributed by atoms with Crippen molar-refractivity contribution in [1.82, 2.24) is 4.90 Å². The molecule has 1 amide bonds. The first kappa shape index (κ1) is 14.4. The Morgan fingerprint density at radius 2 is 1.95 bits per heavy atom. The van der Waals surface area contributed by atoms with Crippen LogP contribution in [0.2, 0.25) is 0 Å². The van der Waals surface area contributed by atoms with Crippen LogP contribution in [0.15, 0.2) is 18.2 Å². The zero-order valence-electron chi connectivity index (χ0n) is 12.6. The number of nitrogens with zero attached hydrogens (tertiary/aromatic N) is 1. The van der Waals surface area contributed by atoms with Gasteiger partial charge in [0.25, 0.3) is 5.91 Å². The van der Waals surface area contributed by atoms with Crippen molar-refractivity contribution in [3.8, 4) is 0 Å². The van der Waals surface area contributed by atoms with Gasteiger partial charge in [-0.25, -0.2) is 0 Å². The minimum Gasteiger partial charge on any atom is -0.385 e. The molecule has 1 N–H and O–H groups in total. The molecule has 2 atom stereocenters. The average molecular weight is 290 g/mol. The van der Waals surface area contributed by atoms with E-state index in [2.05, 4.69) is 5.32 Å². The fourth-order valence-corrected chi connectivity index (χ4v) is 3.24. The summed E-state index contributed by atoms with van der Waals surface area (Å²) in [5.41, 5.74) is 3.05. The highest BCUT2D eigenvalue weighted by atomic mass is 16.5. The van der Waals surface area contributed by atoms with Gasteiger partial charge in [-0.15, -0.1) is 0 Å². The molecule has 0 saturated carbocycles. The Morgan fingerprint density at radius 3 is 2.62 bits per heavy atom. The van der Waals surface area contributed by atoms with Gasteiger partial charge < -0.3 is 19.7 Å². The number of hydrogen-bond acceptors (Lipinski definition) is 4. The summed E-state index contributed by atoms with van der Waals surface area (Å²) in [6.07, 6.45) is 1.94. The number of methoxy groups -OCH3 is 2. The van der Waals surface area contributed by atoms with Crippen LogP contribution in [0.1, 0.15) is 22.3 Å². The summed E-state index contributed by atoms with van der Waals surface area (Å²) in [4.78, 5) is 14.7. The van der Waals surface area contributed by atoms with Gasteiger partial charge in [0.05, 0.1) is 0 Å². The molecule has 0 aromatic heterocycles. The van der Waals surface area contributed by atoms with E-state index < -0.39 is 0 Å². The summed E-state index contributed by atoms with van der Waals surface area (Å²) in [5, 5.41) is 3.37. The number of benzene rings is 1. The molecule has 114 valence electrons. The normalized spacial score (nSPS) is 24.6. The molecule has 0 radical (unpaired) electrons. The Labute approximate surface area is 125 Å². The third kappa shape index (κ3) is 2.63. The fraction of sp³-hybridized carbons (Fsp3) is 0.562. The minimum absolute atomic E-state index is 0.0448. The Morgan fingerprint density at radius 1 is 1.24 bits per heavy atom. The molecule has 2 heterocycles. The third-order valence-electron chi connectivity index (χ3n) is 4.43. The number of likely N-dealkylation sites (tertiary alicyclic amines) is 1. The van der Waals surface area contributed by atoms with Crippen LogP contribution >= 0.6 is 0 Å². The lowest BCUT2D eigenvalue weighted by atomic mass is 9.97. The quantitative estimate of drug-likeness (QED) is 0.917. The van der Waals surface area contributed by atoms with Crippen molar-refractivity contribution in [2.75, 3.05) is 39.2 Å². The molecule has 5 nitrogen and oxygen atoms in total. The second-order valence-electron chi connectivity index (χ2n) is 5.62. The third-order valence-corrected chi connectivity index (χ3v) is 4.43. The van der Waals surface area contributed by atoms with E-state index in [1.54, 1.807) is 14.2 Å². The summed E-state index contributed by atoms with van der Waals surface area (Å²) in [7, 11) is 3.33. The molecule has 1 saturated heterocycles. The van der Waals surface area contributed by atoms with E-state index in [0.29, 0.717) is 13.1 Å². The molecular formula is C16H22N2O3. The molecule has 1 aromatic carbocycles. The summed E-state index contributed by atoms with van der Waals surface area (Å²) in [6, 6.07) is 5.92. The Kier molecular flexibility index (Phi) is 4.12. The summed E-state index contributed by atoms with van der Waals surface area (Å²) < 4.78 is 10.8. The van der Waals surface area contributed by atoms with E-state index in [9.17, 15) is 4.79 Å². The van der Waals surface area contributed by atoms with Gasteiger partial charge in [-0.3, -0.25) is 4.79 Å². The van der Waals surface area contributed by atoms with Crippen molar-refractivity contribution in [3.05, 3.63) is 29.3 Å². The molecule has 2 aliphatic heterocycles. The van der Waals surface area contributed by atoms with E-state index >= 15 is 0 Å². The van der Waals surface area contributed by atoms with Crippen molar-refractivity contribution < 1.29 is 14.3 Å². The predicted octanol–water partition coefficient (Wildman–Crippen LogP) is 1.53. The Hall–Kier alpha value is -1.59. The maximum atomic E-state index is 12.8. The zero-order chi connectivity index (χ0) is 14.8. The molecule has 0 aliphatic carbocycles. The number of fused-ring (bicyclic) bond motifs is 1. The van der Waals surface area contributed by atoms with Crippen LogP contribution in [0, 0.1) is 0 Å². The van der Waals surface area contributed by atoms with Crippen molar-refractivity contribution in [1.29, 1.82) is 0 Å². The lowest BCUT2D eigenvalue weighted by molar-refractivity contribution is -0.00461. The van der Waals surface area contributed by atoms with Gasteiger partial charge in [0.2, 0.25) is 0 Å². The van der Waals surface area contributed by atoms with Gasteiger partial charge in [0.15, 0.2) is 0 Å². The highest BCUT2D eigenvalue weighted by molar-refractivity contribution is 5.97. The molecule has 1 aromatic rings. The van der Waals surface area contributed by atoms with E-state index in [-0.39, 0.29) is 18.1 Å². The fourth-order valence-electron chi connectivity index (χ4n) is 3.24. The molecule has 2 aliphatic rings. The number of amides is 1. The highest BCUT2D eigenvalue weighted by Crippen LogP contribution is 2.27. The number of ether oxygens (including phenoxy) is 2. The van der Waals surface area contributed by atoms with E-state index in [1.807, 2.05) is 23.1 Å². The number of carbonyl (C=O) groups is 1. The predicted molar refractivity (Wildman–Crippen MR) is 80.8 cm³/mol. The first-order valence-corrected chi connectivity index (χ1v) is 7.45. The standard InChI is InChI=1S/C16H22N2O3/c1-20-14-9-18(10-15(14)21-2)16(19)12-5-3-7-13-11(12)6-4-8-17-13/h3,5,7,14-15,17H,4,6,8-10H2,1-2H3. The Balaban J connectivity index is 1.83. The molecule has 0 spiro atoms. The van der Waals surface area contributed by atoms with Gasteiger partial charge in [-0.2, -0.15) is 0 Å². The maximum absolute atomic E-state index is 12.8. The molecule has 0 bridgehead atoms. The van der Waals surface area contributed by atoms with Crippen LogP contribution in [0.25, 0.3) is 0 Å². The van der Waals surface area contributed by atoms with Crippen LogP contribution in [0.3, 0.4) is 0 Å². The summed E-state index contributed by atoms with van der Waals surface area (Å²) in [5.74, 6) is 0.0807. The number of rotatable bonds is 3. The topological polar surface area (TPSA) is 50.8 Å². The second-order valence-corrected chi connectivity index (χ2v) is 5.62. The monoisotopic (exact) mass is 290 g/mol. The van der Waals surface area contributed by atoms with Crippen molar-refractivity contribution in [2.45, 2.75) is 25.0 Å². The van der Waals surface area contributed by atoms with Crippen molar-refractivity contribution in [3.63, 3.8) is 0 Å². The minimum atomic E-state index is -0.0448. The first-order valence-electron chi connectivity index (χ1n) is 7.45. The van der Waals surface area contributed by atoms with E-state index in [4.69, 9.17) is 9.47 Å². The van der Waals surface area contributed by atoms with Gasteiger partial charge >= 0.3 is 0 Å². The first-order chi connectivity index (χ1) is 10.2. The largest absolute Gasteiger partial charge is 0.385 e. The molecule has 2 unspecified atom stereocenters. The molecule has 3 rings (SSSR count). The lowest BCUT2D eigenvalue weighted by Gasteiger charge is -2.23. The van der Waals surface area contributed by atoms with Crippen molar-refractivity contribution >= 4 is 11.6 Å². The molecular weight excluding hydrogens is 268 g/mol. The van der Waals surface area contributed by atoms with Crippen LogP contribution in [-0.4, -0.2) is 56.9 Å². The number of carbonyl (C=O) groups excluding carboxylic acids is 1. The Bertz CT molecular complexity index is 520. The second kappa shape index (κ2) is 6.03. The average Bonchev–Trinajstić information content (AvgIpc) is 2.97. The van der Waals surface area contributed by atoms with Crippen LogP contribution in [0.5, 0.6) is 0 Å². The van der Waals surface area contributed by atoms with E-state index in [0.717, 1.165) is 36.2 Å². The number of anilines is 1. The van der Waals surface area contributed by atoms with Crippen LogP contribution in [0.4, 0.5) is 5.69 Å². The number of nitrogens with one attached hydrogen (secondary N) is 1. The zero-order valence-corrected chi connectivity index (χ0v) is 12.6. The van der Waals surface area contributed by atoms with Gasteiger partial charge in [0, 0.05) is 45.1 Å². The van der Waals surface area contributed by atoms with Crippen LogP contribution in [-0.2, 0) is 15.9 Å². The smallest absolute Gasteiger partial charge is 0.254 e. The van der Waals surface area contributed by atoms with Crippen molar-refractivity contribution in [2.24, 2.45) is 0 Å². The maximum Gasteiger partial charge on any atom is 0.254 e.